The van der Waals surface area contributed by atoms with E-state index in [1.54, 1.807) is 4.90 Å². The first-order chi connectivity index (χ1) is 10.5. The van der Waals surface area contributed by atoms with Crippen molar-refractivity contribution in [2.45, 2.75) is 51.9 Å². The van der Waals surface area contributed by atoms with Crippen LogP contribution in [0.25, 0.3) is 0 Å². The van der Waals surface area contributed by atoms with E-state index in [1.807, 2.05) is 14.1 Å². The van der Waals surface area contributed by atoms with E-state index in [2.05, 4.69) is 30.5 Å². The van der Waals surface area contributed by atoms with Gasteiger partial charge in [-0.3, -0.25) is 9.79 Å². The first-order valence-electron chi connectivity index (χ1n) is 8.35. The highest BCUT2D eigenvalue weighted by molar-refractivity contribution is 5.94. The van der Waals surface area contributed by atoms with E-state index in [9.17, 15) is 4.79 Å². The lowest BCUT2D eigenvalue weighted by atomic mass is 9.89. The molecule has 0 aromatic rings. The lowest BCUT2D eigenvalue weighted by Crippen LogP contribution is -2.36. The molecular weight excluding hydrogens is 274 g/mol. The highest BCUT2D eigenvalue weighted by Gasteiger charge is 2.20. The lowest BCUT2D eigenvalue weighted by Gasteiger charge is -2.24. The Balaban J connectivity index is 2.80. The third-order valence-corrected chi connectivity index (χ3v) is 4.21. The van der Waals surface area contributed by atoms with E-state index in [0.717, 1.165) is 25.0 Å². The summed E-state index contributed by atoms with van der Waals surface area (Å²) in [5.41, 5.74) is 2.05. The summed E-state index contributed by atoms with van der Waals surface area (Å²) < 4.78 is 0. The third kappa shape index (κ3) is 5.32. The number of carbonyl (C=O) groups is 1. The van der Waals surface area contributed by atoms with Crippen molar-refractivity contribution in [3.8, 4) is 0 Å². The molecule has 1 amide bonds. The maximum absolute atomic E-state index is 12.6. The topological polar surface area (TPSA) is 44.7 Å². The van der Waals surface area contributed by atoms with Crippen LogP contribution in [0.15, 0.2) is 28.5 Å². The number of hydrogen-bond donors (Lipinski definition) is 1. The van der Waals surface area contributed by atoms with Gasteiger partial charge in [0.2, 0.25) is 0 Å². The molecule has 1 aliphatic rings. The van der Waals surface area contributed by atoms with Gasteiger partial charge >= 0.3 is 0 Å². The van der Waals surface area contributed by atoms with Gasteiger partial charge in [-0.2, -0.15) is 0 Å². The summed E-state index contributed by atoms with van der Waals surface area (Å²) in [6.07, 6.45) is 8.12. The summed E-state index contributed by atoms with van der Waals surface area (Å²) in [6, 6.07) is 0. The van der Waals surface area contributed by atoms with E-state index in [-0.39, 0.29) is 5.91 Å². The molecule has 1 rings (SSSR count). The van der Waals surface area contributed by atoms with Crippen LogP contribution < -0.4 is 5.32 Å². The molecule has 0 saturated heterocycles. The minimum absolute atomic E-state index is 0.0739. The molecule has 1 aliphatic carbocycles. The molecule has 4 nitrogen and oxygen atoms in total. The smallest absolute Gasteiger partial charge is 0.269 e. The van der Waals surface area contributed by atoms with Crippen LogP contribution >= 0.6 is 0 Å². The van der Waals surface area contributed by atoms with E-state index < -0.39 is 0 Å². The van der Waals surface area contributed by atoms with Gasteiger partial charge in [0.05, 0.1) is 5.70 Å². The number of hydrogen-bond acceptors (Lipinski definition) is 3. The number of nitrogens with zero attached hydrogens (tertiary/aromatic N) is 2. The average molecular weight is 305 g/mol. The number of nitrogens with one attached hydrogen (secondary N) is 1. The molecule has 0 bridgehead atoms. The Hall–Kier alpha value is -1.58. The van der Waals surface area contributed by atoms with Crippen molar-refractivity contribution in [3.05, 3.63) is 23.5 Å². The van der Waals surface area contributed by atoms with E-state index in [0.29, 0.717) is 17.3 Å². The fraction of sp³-hybridized carbons (Fsp3) is 0.667. The molecule has 124 valence electrons. The van der Waals surface area contributed by atoms with Crippen LogP contribution in [-0.2, 0) is 4.79 Å². The molecule has 0 aromatic carbocycles. The highest BCUT2D eigenvalue weighted by atomic mass is 16.2. The number of carbonyl (C=O) groups excluding carboxylic acids is 1. The van der Waals surface area contributed by atoms with Crippen molar-refractivity contribution in [2.24, 2.45) is 10.9 Å². The molecule has 0 heterocycles. The number of rotatable bonds is 8. The molecule has 22 heavy (non-hydrogen) atoms. The largest absolute Gasteiger partial charge is 0.371 e. The summed E-state index contributed by atoms with van der Waals surface area (Å²) in [6.45, 7) is 10.5. The van der Waals surface area contributed by atoms with Gasteiger partial charge in [-0.25, -0.2) is 0 Å². The first-order valence-corrected chi connectivity index (χ1v) is 8.35. The molecular formula is C18H31N3O. The molecule has 4 heteroatoms. The molecule has 1 fully saturated rings. The Bertz CT molecular complexity index is 432. The van der Waals surface area contributed by atoms with Crippen LogP contribution in [0.3, 0.4) is 0 Å². The Morgan fingerprint density at radius 1 is 1.27 bits per heavy atom. The van der Waals surface area contributed by atoms with Crippen molar-refractivity contribution >= 4 is 12.6 Å². The zero-order chi connectivity index (χ0) is 16.5. The van der Waals surface area contributed by atoms with Crippen molar-refractivity contribution in [2.75, 3.05) is 20.6 Å². The van der Waals surface area contributed by atoms with Crippen LogP contribution in [0.1, 0.15) is 51.9 Å². The second-order valence-corrected chi connectivity index (χ2v) is 6.32. The monoisotopic (exact) mass is 305 g/mol. The highest BCUT2D eigenvalue weighted by Crippen LogP contribution is 2.24. The number of aliphatic imine (C=N–C) groups is 1. The molecule has 0 atom stereocenters. The summed E-state index contributed by atoms with van der Waals surface area (Å²) in [4.78, 5) is 18.5. The second kappa shape index (κ2) is 9.44. The number of amides is 1. The van der Waals surface area contributed by atoms with E-state index in [1.165, 1.54) is 32.1 Å². The van der Waals surface area contributed by atoms with Crippen LogP contribution in [0.4, 0.5) is 0 Å². The Morgan fingerprint density at radius 3 is 2.41 bits per heavy atom. The minimum Gasteiger partial charge on any atom is -0.371 e. The maximum Gasteiger partial charge on any atom is 0.269 e. The van der Waals surface area contributed by atoms with E-state index in [4.69, 9.17) is 0 Å². The van der Waals surface area contributed by atoms with Gasteiger partial charge in [0.1, 0.15) is 5.70 Å². The molecule has 0 radical (unpaired) electrons. The molecule has 1 N–H and O–H groups in total. The second-order valence-electron chi connectivity index (χ2n) is 6.32. The SMILES string of the molecule is C=N/C(C(=C)CCC)=C(\C(=O)NCC1CCCCC1)N(C)C. The first kappa shape index (κ1) is 18.5. The van der Waals surface area contributed by atoms with Gasteiger partial charge in [-0.1, -0.05) is 39.2 Å². The fourth-order valence-electron chi connectivity index (χ4n) is 3.01. The molecule has 0 spiro atoms. The van der Waals surface area contributed by atoms with Gasteiger partial charge in [-0.05, 0) is 37.5 Å². The van der Waals surface area contributed by atoms with Gasteiger partial charge in [0.25, 0.3) is 5.91 Å². The number of likely N-dealkylation sites (N-methyl/N-ethyl adjacent to an activating group) is 1. The van der Waals surface area contributed by atoms with Gasteiger partial charge in [0.15, 0.2) is 0 Å². The predicted octanol–water partition coefficient (Wildman–Crippen LogP) is 3.51. The number of allylic oxidation sites excluding steroid dienone is 1. The standard InChI is InChI=1S/C18H31N3O/c1-6-10-14(2)16(19-3)17(21(4)5)18(22)20-13-15-11-8-7-9-12-15/h15H,2-3,6-13H2,1,4-5H3,(H,20,22)/b17-16+. The van der Waals surface area contributed by atoms with Crippen LogP contribution in [0.5, 0.6) is 0 Å². The van der Waals surface area contributed by atoms with Crippen molar-refractivity contribution in [1.82, 2.24) is 10.2 Å². The third-order valence-electron chi connectivity index (χ3n) is 4.21. The van der Waals surface area contributed by atoms with Gasteiger partial charge < -0.3 is 10.2 Å². The minimum atomic E-state index is -0.0739. The molecule has 0 unspecified atom stereocenters. The zero-order valence-electron chi connectivity index (χ0n) is 14.5. The zero-order valence-corrected chi connectivity index (χ0v) is 14.5. The molecule has 0 aliphatic heterocycles. The predicted molar refractivity (Wildman–Crippen MR) is 93.9 cm³/mol. The quantitative estimate of drug-likeness (QED) is 0.424. The van der Waals surface area contributed by atoms with Crippen LogP contribution in [-0.4, -0.2) is 38.2 Å². The normalized spacial score (nSPS) is 16.7. The molecule has 0 aromatic heterocycles. The van der Waals surface area contributed by atoms with E-state index >= 15 is 0 Å². The summed E-state index contributed by atoms with van der Waals surface area (Å²) in [5, 5.41) is 3.08. The summed E-state index contributed by atoms with van der Waals surface area (Å²) >= 11 is 0. The lowest BCUT2D eigenvalue weighted by molar-refractivity contribution is -0.119. The Morgan fingerprint density at radius 2 is 1.91 bits per heavy atom. The average Bonchev–Trinajstić information content (AvgIpc) is 2.50. The fourth-order valence-corrected chi connectivity index (χ4v) is 3.01. The Labute approximate surface area is 135 Å². The maximum atomic E-state index is 12.6. The Kier molecular flexibility index (Phi) is 7.92. The summed E-state index contributed by atoms with van der Waals surface area (Å²) in [5.74, 6) is 0.537. The van der Waals surface area contributed by atoms with Crippen molar-refractivity contribution < 1.29 is 4.79 Å². The van der Waals surface area contributed by atoms with Gasteiger partial charge in [0, 0.05) is 20.6 Å². The van der Waals surface area contributed by atoms with Crippen molar-refractivity contribution in [1.29, 1.82) is 0 Å². The van der Waals surface area contributed by atoms with Gasteiger partial charge in [-0.15, -0.1) is 0 Å². The van der Waals surface area contributed by atoms with Crippen LogP contribution in [0, 0.1) is 5.92 Å². The van der Waals surface area contributed by atoms with Crippen molar-refractivity contribution in [3.63, 3.8) is 0 Å². The molecule has 1 saturated carbocycles. The summed E-state index contributed by atoms with van der Waals surface area (Å²) in [7, 11) is 3.72. The van der Waals surface area contributed by atoms with Crippen LogP contribution in [0.2, 0.25) is 0 Å².